The van der Waals surface area contributed by atoms with Crippen molar-refractivity contribution in [2.24, 2.45) is 13.0 Å². The Labute approximate surface area is 135 Å². The van der Waals surface area contributed by atoms with Crippen LogP contribution < -0.4 is 16.0 Å². The molecule has 122 valence electrons. The smallest absolute Gasteiger partial charge is 0.319 e. The highest BCUT2D eigenvalue weighted by Gasteiger charge is 2.24. The number of carbonyl (C=O) groups is 2. The number of hydrogen-bond donors (Lipinski definition) is 3. The van der Waals surface area contributed by atoms with Crippen molar-refractivity contribution in [3.63, 3.8) is 0 Å². The van der Waals surface area contributed by atoms with Crippen LogP contribution in [-0.4, -0.2) is 27.8 Å². The summed E-state index contributed by atoms with van der Waals surface area (Å²) in [5.74, 6) is 0.0792. The SMILES string of the molecule is CC(C)C(NC(=O)Nc1ccccc1)C(=O)Nc1ccn(C)n1. The van der Waals surface area contributed by atoms with Gasteiger partial charge in [-0.15, -0.1) is 0 Å². The van der Waals surface area contributed by atoms with Gasteiger partial charge in [-0.25, -0.2) is 4.79 Å². The fourth-order valence-electron chi connectivity index (χ4n) is 2.05. The molecule has 0 aliphatic rings. The van der Waals surface area contributed by atoms with Crippen molar-refractivity contribution < 1.29 is 9.59 Å². The maximum atomic E-state index is 12.3. The molecule has 2 aromatic rings. The number of nitrogens with one attached hydrogen (secondary N) is 3. The lowest BCUT2D eigenvalue weighted by atomic mass is 10.0. The van der Waals surface area contributed by atoms with Crippen LogP contribution >= 0.6 is 0 Å². The van der Waals surface area contributed by atoms with Crippen LogP contribution in [0.3, 0.4) is 0 Å². The van der Waals surface area contributed by atoms with Gasteiger partial charge in [0.25, 0.3) is 0 Å². The summed E-state index contributed by atoms with van der Waals surface area (Å²) in [7, 11) is 1.77. The summed E-state index contributed by atoms with van der Waals surface area (Å²) in [6.07, 6.45) is 1.73. The monoisotopic (exact) mass is 315 g/mol. The summed E-state index contributed by atoms with van der Waals surface area (Å²) in [4.78, 5) is 24.4. The first-order valence-electron chi connectivity index (χ1n) is 7.39. The number of rotatable bonds is 5. The molecule has 3 amide bonds. The Morgan fingerprint density at radius 1 is 1.09 bits per heavy atom. The summed E-state index contributed by atoms with van der Waals surface area (Å²) < 4.78 is 1.59. The number of nitrogens with zero attached hydrogens (tertiary/aromatic N) is 2. The highest BCUT2D eigenvalue weighted by molar-refractivity contribution is 5.98. The van der Waals surface area contributed by atoms with Gasteiger partial charge in [0.15, 0.2) is 5.82 Å². The third-order valence-corrected chi connectivity index (χ3v) is 3.23. The molecule has 2 rings (SSSR count). The predicted molar refractivity (Wildman–Crippen MR) is 89.1 cm³/mol. The van der Waals surface area contributed by atoms with Gasteiger partial charge in [-0.1, -0.05) is 32.0 Å². The Kier molecular flexibility index (Phi) is 5.35. The van der Waals surface area contributed by atoms with Gasteiger partial charge in [-0.2, -0.15) is 5.10 Å². The normalized spacial score (nSPS) is 11.8. The summed E-state index contributed by atoms with van der Waals surface area (Å²) in [5.41, 5.74) is 0.664. The van der Waals surface area contributed by atoms with E-state index in [0.717, 1.165) is 0 Å². The molecule has 0 radical (unpaired) electrons. The van der Waals surface area contributed by atoms with Crippen LogP contribution in [0, 0.1) is 5.92 Å². The van der Waals surface area contributed by atoms with Crippen molar-refractivity contribution in [3.8, 4) is 0 Å². The fraction of sp³-hybridized carbons (Fsp3) is 0.312. The lowest BCUT2D eigenvalue weighted by molar-refractivity contribution is -0.118. The Morgan fingerprint density at radius 2 is 1.78 bits per heavy atom. The molecule has 7 nitrogen and oxygen atoms in total. The van der Waals surface area contributed by atoms with Crippen LogP contribution in [0.5, 0.6) is 0 Å². The third-order valence-electron chi connectivity index (χ3n) is 3.23. The van der Waals surface area contributed by atoms with Crippen LogP contribution in [0.25, 0.3) is 0 Å². The van der Waals surface area contributed by atoms with E-state index >= 15 is 0 Å². The van der Waals surface area contributed by atoms with E-state index in [1.54, 1.807) is 36.1 Å². The van der Waals surface area contributed by atoms with E-state index in [9.17, 15) is 9.59 Å². The maximum Gasteiger partial charge on any atom is 0.319 e. The van der Waals surface area contributed by atoms with Gasteiger partial charge in [0.2, 0.25) is 5.91 Å². The number of hydrogen-bond acceptors (Lipinski definition) is 3. The van der Waals surface area contributed by atoms with Crippen molar-refractivity contribution in [1.82, 2.24) is 15.1 Å². The predicted octanol–water partition coefficient (Wildman–Crippen LogP) is 2.20. The molecule has 0 bridgehead atoms. The standard InChI is InChI=1S/C16H21N5O2/c1-11(2)14(15(22)18-13-9-10-21(3)20-13)19-16(23)17-12-7-5-4-6-8-12/h4-11,14H,1-3H3,(H2,17,19,23)(H,18,20,22). The minimum atomic E-state index is -0.666. The Bertz CT molecular complexity index is 666. The molecule has 0 spiro atoms. The molecule has 1 atom stereocenters. The number of para-hydroxylation sites is 1. The minimum Gasteiger partial charge on any atom is -0.326 e. The largest absolute Gasteiger partial charge is 0.326 e. The molecule has 3 N–H and O–H groups in total. The van der Waals surface area contributed by atoms with Crippen LogP contribution in [0.1, 0.15) is 13.8 Å². The van der Waals surface area contributed by atoms with Crippen molar-refractivity contribution in [1.29, 1.82) is 0 Å². The van der Waals surface area contributed by atoms with Gasteiger partial charge in [-0.3, -0.25) is 9.48 Å². The second-order valence-corrected chi connectivity index (χ2v) is 5.55. The second-order valence-electron chi connectivity index (χ2n) is 5.55. The van der Waals surface area contributed by atoms with E-state index in [-0.39, 0.29) is 11.8 Å². The summed E-state index contributed by atoms with van der Waals surface area (Å²) in [6, 6.07) is 9.66. The molecule has 23 heavy (non-hydrogen) atoms. The first kappa shape index (κ1) is 16.5. The minimum absolute atomic E-state index is 0.0692. The van der Waals surface area contributed by atoms with E-state index in [0.29, 0.717) is 11.5 Å². The Hall–Kier alpha value is -2.83. The molecule has 1 heterocycles. The lowest BCUT2D eigenvalue weighted by Crippen LogP contribution is -2.48. The molecule has 0 aliphatic carbocycles. The number of benzene rings is 1. The van der Waals surface area contributed by atoms with E-state index in [2.05, 4.69) is 21.0 Å². The Morgan fingerprint density at radius 3 is 2.35 bits per heavy atom. The number of carbonyl (C=O) groups excluding carboxylic acids is 2. The van der Waals surface area contributed by atoms with Crippen molar-refractivity contribution in [3.05, 3.63) is 42.6 Å². The highest BCUT2D eigenvalue weighted by Crippen LogP contribution is 2.09. The molecule has 0 fully saturated rings. The topological polar surface area (TPSA) is 88.0 Å². The van der Waals surface area contributed by atoms with E-state index in [4.69, 9.17) is 0 Å². The van der Waals surface area contributed by atoms with Crippen LogP contribution in [0.4, 0.5) is 16.3 Å². The molecule has 0 saturated carbocycles. The summed E-state index contributed by atoms with van der Waals surface area (Å²) in [5, 5.41) is 12.2. The summed E-state index contributed by atoms with van der Waals surface area (Å²) in [6.45, 7) is 3.73. The molecule has 0 aliphatic heterocycles. The molecule has 1 unspecified atom stereocenters. The van der Waals surface area contributed by atoms with E-state index in [1.807, 2.05) is 32.0 Å². The fourth-order valence-corrected chi connectivity index (χ4v) is 2.05. The Balaban J connectivity index is 1.97. The van der Waals surface area contributed by atoms with Gasteiger partial charge >= 0.3 is 6.03 Å². The zero-order valence-corrected chi connectivity index (χ0v) is 13.4. The second kappa shape index (κ2) is 7.44. The van der Waals surface area contributed by atoms with Gasteiger partial charge in [0, 0.05) is 25.0 Å². The average molecular weight is 315 g/mol. The van der Waals surface area contributed by atoms with Crippen molar-refractivity contribution >= 4 is 23.4 Å². The number of amides is 3. The molecular weight excluding hydrogens is 294 g/mol. The molecule has 1 aromatic heterocycles. The third kappa shape index (κ3) is 4.84. The first-order valence-corrected chi connectivity index (χ1v) is 7.39. The zero-order chi connectivity index (χ0) is 16.8. The van der Waals surface area contributed by atoms with Crippen molar-refractivity contribution in [2.45, 2.75) is 19.9 Å². The zero-order valence-electron chi connectivity index (χ0n) is 13.4. The summed E-state index contributed by atoms with van der Waals surface area (Å²) >= 11 is 0. The van der Waals surface area contributed by atoms with Gasteiger partial charge in [0.05, 0.1) is 0 Å². The van der Waals surface area contributed by atoms with Gasteiger partial charge in [0.1, 0.15) is 6.04 Å². The average Bonchev–Trinajstić information content (AvgIpc) is 2.90. The van der Waals surface area contributed by atoms with Crippen LogP contribution in [0.15, 0.2) is 42.6 Å². The molecule has 7 heteroatoms. The molecule has 1 aromatic carbocycles. The first-order chi connectivity index (χ1) is 11.0. The number of anilines is 2. The van der Waals surface area contributed by atoms with E-state index < -0.39 is 12.1 Å². The number of urea groups is 1. The number of aromatic nitrogens is 2. The van der Waals surface area contributed by atoms with E-state index in [1.165, 1.54) is 0 Å². The molecular formula is C16H21N5O2. The highest BCUT2D eigenvalue weighted by atomic mass is 16.2. The number of aryl methyl sites for hydroxylation is 1. The van der Waals surface area contributed by atoms with Crippen LogP contribution in [-0.2, 0) is 11.8 Å². The van der Waals surface area contributed by atoms with Gasteiger partial charge in [-0.05, 0) is 18.1 Å². The maximum absolute atomic E-state index is 12.3. The lowest BCUT2D eigenvalue weighted by Gasteiger charge is -2.21. The quantitative estimate of drug-likeness (QED) is 0.790. The molecule has 0 saturated heterocycles. The van der Waals surface area contributed by atoms with Gasteiger partial charge < -0.3 is 16.0 Å². The van der Waals surface area contributed by atoms with Crippen LogP contribution in [0.2, 0.25) is 0 Å². The van der Waals surface area contributed by atoms with Crippen molar-refractivity contribution in [2.75, 3.05) is 10.6 Å².